The topological polar surface area (TPSA) is 55.2 Å². The quantitative estimate of drug-likeness (QED) is 0.352. The van der Waals surface area contributed by atoms with Crippen LogP contribution in [-0.4, -0.2) is 11.5 Å². The first-order valence-electron chi connectivity index (χ1n) is 4.22. The second kappa shape index (κ2) is 5.08. The number of benzene rings is 1. The van der Waals surface area contributed by atoms with Gasteiger partial charge in [-0.15, -0.1) is 6.42 Å². The fraction of sp³-hybridized carbons (Fsp3) is 0.200. The van der Waals surface area contributed by atoms with Crippen LogP contribution in [0.15, 0.2) is 18.2 Å². The van der Waals surface area contributed by atoms with E-state index in [9.17, 15) is 14.5 Å². The van der Waals surface area contributed by atoms with Crippen molar-refractivity contribution in [2.75, 3.05) is 6.54 Å². The van der Waals surface area contributed by atoms with Gasteiger partial charge in [0.1, 0.15) is 5.82 Å². The lowest BCUT2D eigenvalue weighted by molar-refractivity contribution is -0.385. The van der Waals surface area contributed by atoms with Gasteiger partial charge >= 0.3 is 0 Å². The van der Waals surface area contributed by atoms with Gasteiger partial charge in [0, 0.05) is 18.2 Å². The number of nitrogens with one attached hydrogen (secondary N) is 1. The summed E-state index contributed by atoms with van der Waals surface area (Å²) in [6, 6.07) is 3.33. The molecule has 0 bridgehead atoms. The van der Waals surface area contributed by atoms with Crippen molar-refractivity contribution in [2.24, 2.45) is 0 Å². The lowest BCUT2D eigenvalue weighted by Crippen LogP contribution is -2.14. The van der Waals surface area contributed by atoms with E-state index in [4.69, 9.17) is 6.42 Å². The molecule has 0 amide bonds. The molecule has 5 heteroatoms. The number of rotatable bonds is 4. The van der Waals surface area contributed by atoms with Crippen LogP contribution < -0.4 is 5.32 Å². The van der Waals surface area contributed by atoms with Crippen molar-refractivity contribution in [1.29, 1.82) is 0 Å². The number of halogens is 1. The molecule has 0 fully saturated rings. The Kier molecular flexibility index (Phi) is 3.77. The normalized spacial score (nSPS) is 9.60. The maximum Gasteiger partial charge on any atom is 0.274 e. The minimum atomic E-state index is -0.549. The molecule has 1 rings (SSSR count). The highest BCUT2D eigenvalue weighted by molar-refractivity contribution is 5.40. The van der Waals surface area contributed by atoms with Gasteiger partial charge in [-0.1, -0.05) is 5.92 Å². The predicted molar refractivity (Wildman–Crippen MR) is 53.6 cm³/mol. The molecule has 78 valence electrons. The monoisotopic (exact) mass is 208 g/mol. The summed E-state index contributed by atoms with van der Waals surface area (Å²) in [7, 11) is 0. The molecule has 4 nitrogen and oxygen atoms in total. The molecule has 0 aliphatic heterocycles. The van der Waals surface area contributed by atoms with E-state index in [0.717, 1.165) is 18.2 Å². The summed E-state index contributed by atoms with van der Waals surface area (Å²) in [6.45, 7) is 0.464. The first-order valence-corrected chi connectivity index (χ1v) is 4.22. The van der Waals surface area contributed by atoms with Crippen LogP contribution in [0.3, 0.4) is 0 Å². The number of nitro benzene ring substituents is 1. The first-order chi connectivity index (χ1) is 7.15. The third-order valence-corrected chi connectivity index (χ3v) is 1.78. The standard InChI is InChI=1S/C10H9FN2O2/c1-2-5-12-7-8-6-9(11)3-4-10(8)13(14)15/h1,3-4,6,12H,5,7H2. The molecule has 0 saturated carbocycles. The van der Waals surface area contributed by atoms with Crippen LogP contribution in [0.5, 0.6) is 0 Å². The maximum atomic E-state index is 12.8. The highest BCUT2D eigenvalue weighted by Gasteiger charge is 2.13. The zero-order chi connectivity index (χ0) is 11.3. The number of terminal acetylenes is 1. The molecule has 1 N–H and O–H groups in total. The zero-order valence-electron chi connectivity index (χ0n) is 7.87. The molecule has 0 spiro atoms. The second-order valence-corrected chi connectivity index (χ2v) is 2.84. The van der Waals surface area contributed by atoms with Gasteiger partial charge in [0.05, 0.1) is 11.5 Å². The first kappa shape index (κ1) is 11.1. The van der Waals surface area contributed by atoms with Crippen molar-refractivity contribution in [3.05, 3.63) is 39.7 Å². The molecule has 0 saturated heterocycles. The second-order valence-electron chi connectivity index (χ2n) is 2.84. The van der Waals surface area contributed by atoms with Crippen molar-refractivity contribution >= 4 is 5.69 Å². The van der Waals surface area contributed by atoms with E-state index in [1.165, 1.54) is 0 Å². The average Bonchev–Trinajstić information content (AvgIpc) is 2.18. The summed E-state index contributed by atoms with van der Waals surface area (Å²) in [5, 5.41) is 13.3. The predicted octanol–water partition coefficient (Wildman–Crippen LogP) is 1.46. The van der Waals surface area contributed by atoms with Gasteiger partial charge in [-0.3, -0.25) is 10.1 Å². The highest BCUT2D eigenvalue weighted by atomic mass is 19.1. The van der Waals surface area contributed by atoms with Crippen LogP contribution in [0.4, 0.5) is 10.1 Å². The number of nitrogens with zero attached hydrogens (tertiary/aromatic N) is 1. The van der Waals surface area contributed by atoms with Crippen LogP contribution in [0.1, 0.15) is 5.56 Å². The minimum absolute atomic E-state index is 0.110. The van der Waals surface area contributed by atoms with Crippen LogP contribution >= 0.6 is 0 Å². The number of hydrogen-bond acceptors (Lipinski definition) is 3. The van der Waals surface area contributed by atoms with Crippen LogP contribution in [0.25, 0.3) is 0 Å². The SMILES string of the molecule is C#CCNCc1cc(F)ccc1[N+](=O)[O-]. The van der Waals surface area contributed by atoms with Gasteiger partial charge in [-0.25, -0.2) is 4.39 Å². The minimum Gasteiger partial charge on any atom is -0.302 e. The molecule has 0 unspecified atom stereocenters. The highest BCUT2D eigenvalue weighted by Crippen LogP contribution is 2.18. The van der Waals surface area contributed by atoms with E-state index in [-0.39, 0.29) is 24.3 Å². The van der Waals surface area contributed by atoms with Crippen molar-refractivity contribution in [2.45, 2.75) is 6.54 Å². The summed E-state index contributed by atoms with van der Waals surface area (Å²) in [5.41, 5.74) is 0.177. The largest absolute Gasteiger partial charge is 0.302 e. The molecule has 0 aliphatic rings. The molecule has 0 heterocycles. The maximum absolute atomic E-state index is 12.8. The Hall–Kier alpha value is -1.93. The lowest BCUT2D eigenvalue weighted by atomic mass is 10.1. The van der Waals surface area contributed by atoms with E-state index in [1.54, 1.807) is 0 Å². The third kappa shape index (κ3) is 3.04. The molecule has 0 atom stereocenters. The Labute approximate surface area is 86.3 Å². The molecule has 0 aromatic heterocycles. The Morgan fingerprint density at radius 1 is 1.60 bits per heavy atom. The molecule has 1 aromatic rings. The summed E-state index contributed by atoms with van der Waals surface area (Å²) >= 11 is 0. The van der Waals surface area contributed by atoms with E-state index in [0.29, 0.717) is 0 Å². The Balaban J connectivity index is 2.88. The lowest BCUT2D eigenvalue weighted by Gasteiger charge is -2.02. The van der Waals surface area contributed by atoms with Gasteiger partial charge in [-0.2, -0.15) is 0 Å². The van der Waals surface area contributed by atoms with Crippen molar-refractivity contribution < 1.29 is 9.31 Å². The Bertz CT molecular complexity index is 412. The van der Waals surface area contributed by atoms with E-state index >= 15 is 0 Å². The van der Waals surface area contributed by atoms with E-state index < -0.39 is 10.7 Å². The smallest absolute Gasteiger partial charge is 0.274 e. The summed E-state index contributed by atoms with van der Waals surface area (Å²) in [6.07, 6.45) is 5.00. The molecular weight excluding hydrogens is 199 g/mol. The van der Waals surface area contributed by atoms with Gasteiger partial charge in [0.2, 0.25) is 0 Å². The summed E-state index contributed by atoms with van der Waals surface area (Å²) in [5.74, 6) is 1.82. The molecule has 0 radical (unpaired) electrons. The van der Waals surface area contributed by atoms with E-state index in [2.05, 4.69) is 11.2 Å². The van der Waals surface area contributed by atoms with E-state index in [1.807, 2.05) is 0 Å². The van der Waals surface area contributed by atoms with Crippen molar-refractivity contribution in [1.82, 2.24) is 5.32 Å². The molecule has 0 aliphatic carbocycles. The van der Waals surface area contributed by atoms with Gasteiger partial charge < -0.3 is 5.32 Å². The Morgan fingerprint density at radius 3 is 2.93 bits per heavy atom. The van der Waals surface area contributed by atoms with Crippen LogP contribution in [0.2, 0.25) is 0 Å². The van der Waals surface area contributed by atoms with Gasteiger partial charge in [0.15, 0.2) is 0 Å². The third-order valence-electron chi connectivity index (χ3n) is 1.78. The summed E-state index contributed by atoms with van der Waals surface area (Å²) in [4.78, 5) is 10.0. The van der Waals surface area contributed by atoms with Crippen molar-refractivity contribution in [3.63, 3.8) is 0 Å². The fourth-order valence-electron chi connectivity index (χ4n) is 1.14. The Morgan fingerprint density at radius 2 is 2.33 bits per heavy atom. The average molecular weight is 208 g/mol. The number of hydrogen-bond donors (Lipinski definition) is 1. The van der Waals surface area contributed by atoms with Crippen LogP contribution in [0, 0.1) is 28.3 Å². The van der Waals surface area contributed by atoms with Crippen molar-refractivity contribution in [3.8, 4) is 12.3 Å². The summed E-state index contributed by atoms with van der Waals surface area (Å²) < 4.78 is 12.8. The zero-order valence-corrected chi connectivity index (χ0v) is 7.87. The van der Waals surface area contributed by atoms with Crippen LogP contribution in [-0.2, 0) is 6.54 Å². The molecule has 1 aromatic carbocycles. The fourth-order valence-corrected chi connectivity index (χ4v) is 1.14. The number of nitro groups is 1. The molecule has 15 heavy (non-hydrogen) atoms. The van der Waals surface area contributed by atoms with Gasteiger partial charge in [0.25, 0.3) is 5.69 Å². The molecular formula is C10H9FN2O2. The van der Waals surface area contributed by atoms with Gasteiger partial charge in [-0.05, 0) is 12.1 Å².